The van der Waals surface area contributed by atoms with Gasteiger partial charge in [-0.1, -0.05) is 0 Å². The number of carbonyl (C=O) groups excluding carboxylic acids is 1. The maximum absolute atomic E-state index is 13.4. The van der Waals surface area contributed by atoms with Crippen molar-refractivity contribution in [2.45, 2.75) is 19.4 Å². The highest BCUT2D eigenvalue weighted by atomic mass is 19.1. The highest BCUT2D eigenvalue weighted by Gasteiger charge is 2.12. The average Bonchev–Trinajstić information content (AvgIpc) is 2.97. The summed E-state index contributed by atoms with van der Waals surface area (Å²) in [5.74, 6) is -0.522. The van der Waals surface area contributed by atoms with Gasteiger partial charge in [0.15, 0.2) is 0 Å². The zero-order valence-corrected chi connectivity index (χ0v) is 13.8. The molecule has 0 radical (unpaired) electrons. The fraction of sp³-hybridized carbons (Fsp3) is 0.353. The van der Waals surface area contributed by atoms with Crippen molar-refractivity contribution >= 4 is 27.8 Å². The number of benzene rings is 1. The molecule has 2 heterocycles. The Morgan fingerprint density at radius 1 is 1.44 bits per heavy atom. The van der Waals surface area contributed by atoms with E-state index in [1.165, 1.54) is 23.0 Å². The molecule has 0 aliphatic heterocycles. The number of halogens is 1. The maximum atomic E-state index is 13.4. The molecule has 8 heteroatoms. The minimum absolute atomic E-state index is 0.137. The fourth-order valence-corrected chi connectivity index (χ4v) is 2.68. The maximum Gasteiger partial charge on any atom is 0.277 e. The molecule has 3 rings (SSSR count). The van der Waals surface area contributed by atoms with E-state index in [4.69, 9.17) is 4.74 Å². The van der Waals surface area contributed by atoms with Gasteiger partial charge < -0.3 is 15.0 Å². The number of amides is 1. The molecule has 0 spiro atoms. The van der Waals surface area contributed by atoms with E-state index in [0.717, 1.165) is 6.42 Å². The number of aryl methyl sites for hydroxylation is 1. The Labute approximate surface area is 142 Å². The number of nitrogens with zero attached hydrogens (tertiary/aromatic N) is 2. The van der Waals surface area contributed by atoms with Crippen LogP contribution in [0.5, 0.6) is 0 Å². The monoisotopic (exact) mass is 346 g/mol. The first-order valence-electron chi connectivity index (χ1n) is 8.02. The highest BCUT2D eigenvalue weighted by molar-refractivity contribution is 6.04. The molecule has 1 aromatic carbocycles. The molecule has 2 N–H and O–H groups in total. The fourth-order valence-electron chi connectivity index (χ4n) is 2.68. The van der Waals surface area contributed by atoms with E-state index in [1.807, 2.05) is 0 Å². The molecule has 7 nitrogen and oxygen atoms in total. The third-order valence-corrected chi connectivity index (χ3v) is 3.96. The van der Waals surface area contributed by atoms with Gasteiger partial charge in [-0.2, -0.15) is 0 Å². The molecule has 0 aliphatic rings. The lowest BCUT2D eigenvalue weighted by atomic mass is 10.2. The number of methoxy groups -OCH3 is 1. The summed E-state index contributed by atoms with van der Waals surface area (Å²) in [6.45, 7) is 1.34. The molecule has 132 valence electrons. The summed E-state index contributed by atoms with van der Waals surface area (Å²) >= 11 is 0. The lowest BCUT2D eigenvalue weighted by Crippen LogP contribution is -2.28. The second kappa shape index (κ2) is 7.43. The molecule has 0 aliphatic carbocycles. The van der Waals surface area contributed by atoms with Crippen molar-refractivity contribution in [3.05, 3.63) is 40.7 Å². The van der Waals surface area contributed by atoms with Crippen molar-refractivity contribution in [1.29, 1.82) is 0 Å². The Bertz CT molecular complexity index is 964. The number of aromatic nitrogens is 3. The van der Waals surface area contributed by atoms with Crippen LogP contribution in [0.15, 0.2) is 29.3 Å². The molecule has 3 aromatic rings. The molecular formula is C17H19FN4O3. The Balaban J connectivity index is 1.75. The smallest absolute Gasteiger partial charge is 0.277 e. The number of ether oxygens (including phenoxy) is 1. The van der Waals surface area contributed by atoms with Gasteiger partial charge >= 0.3 is 0 Å². The van der Waals surface area contributed by atoms with Crippen molar-refractivity contribution < 1.29 is 13.9 Å². The number of fused-ring (bicyclic) bond motifs is 3. The van der Waals surface area contributed by atoms with E-state index in [0.29, 0.717) is 35.1 Å². The van der Waals surface area contributed by atoms with Gasteiger partial charge in [0.1, 0.15) is 16.9 Å². The van der Waals surface area contributed by atoms with Crippen LogP contribution in [0.4, 0.5) is 4.39 Å². The first-order chi connectivity index (χ1) is 12.1. The number of carbonyl (C=O) groups is 1. The van der Waals surface area contributed by atoms with Crippen LogP contribution in [-0.4, -0.2) is 40.7 Å². The molecule has 0 saturated heterocycles. The van der Waals surface area contributed by atoms with Crippen LogP contribution in [0, 0.1) is 5.82 Å². The second-order valence-corrected chi connectivity index (χ2v) is 5.73. The quantitative estimate of drug-likeness (QED) is 0.636. The summed E-state index contributed by atoms with van der Waals surface area (Å²) in [4.78, 5) is 31.6. The van der Waals surface area contributed by atoms with Crippen LogP contribution in [-0.2, 0) is 16.1 Å². The summed E-state index contributed by atoms with van der Waals surface area (Å²) in [7, 11) is 1.61. The highest BCUT2D eigenvalue weighted by Crippen LogP contribution is 2.21. The third kappa shape index (κ3) is 3.69. The molecule has 2 aromatic heterocycles. The Kier molecular flexibility index (Phi) is 5.08. The van der Waals surface area contributed by atoms with Crippen molar-refractivity contribution in [2.75, 3.05) is 20.3 Å². The molecule has 0 bridgehead atoms. The third-order valence-electron chi connectivity index (χ3n) is 3.96. The van der Waals surface area contributed by atoms with Gasteiger partial charge in [0, 0.05) is 44.1 Å². The predicted octanol–water partition coefficient (Wildman–Crippen LogP) is 1.56. The largest absolute Gasteiger partial charge is 0.385 e. The summed E-state index contributed by atoms with van der Waals surface area (Å²) in [6, 6.07) is 4.24. The summed E-state index contributed by atoms with van der Waals surface area (Å²) < 4.78 is 19.7. The van der Waals surface area contributed by atoms with Gasteiger partial charge in [-0.05, 0) is 24.6 Å². The summed E-state index contributed by atoms with van der Waals surface area (Å²) in [5, 5.41) is 3.33. The normalized spacial score (nSPS) is 11.3. The van der Waals surface area contributed by atoms with E-state index in [9.17, 15) is 14.0 Å². The number of H-pyrrole nitrogens is 1. The van der Waals surface area contributed by atoms with E-state index in [1.54, 1.807) is 13.2 Å². The Morgan fingerprint density at radius 3 is 3.08 bits per heavy atom. The molecule has 0 atom stereocenters. The van der Waals surface area contributed by atoms with E-state index >= 15 is 0 Å². The number of hydrogen-bond donors (Lipinski definition) is 2. The topological polar surface area (TPSA) is 89.0 Å². The Hall–Kier alpha value is -2.74. The minimum atomic E-state index is -0.385. The zero-order valence-electron chi connectivity index (χ0n) is 13.8. The predicted molar refractivity (Wildman–Crippen MR) is 91.9 cm³/mol. The van der Waals surface area contributed by atoms with Crippen molar-refractivity contribution in [1.82, 2.24) is 19.9 Å². The summed E-state index contributed by atoms with van der Waals surface area (Å²) in [5.41, 5.74) is 1.10. The molecule has 0 saturated carbocycles. The zero-order chi connectivity index (χ0) is 17.8. The lowest BCUT2D eigenvalue weighted by molar-refractivity contribution is -0.121. The Morgan fingerprint density at radius 2 is 2.28 bits per heavy atom. The first kappa shape index (κ1) is 17.1. The standard InChI is InChI=1S/C17H19FN4O3/c1-25-8-2-6-19-14(23)5-7-22-10-20-15-12-9-11(18)3-4-13(12)21-16(15)17(22)24/h3-4,9-10,21H,2,5-8H2,1H3,(H,19,23). The van der Waals surface area contributed by atoms with Crippen LogP contribution >= 0.6 is 0 Å². The number of rotatable bonds is 7. The van der Waals surface area contributed by atoms with Crippen LogP contribution in [0.25, 0.3) is 21.9 Å². The number of hydrogen-bond acceptors (Lipinski definition) is 4. The average molecular weight is 346 g/mol. The molecule has 0 fully saturated rings. The molecular weight excluding hydrogens is 327 g/mol. The van der Waals surface area contributed by atoms with Gasteiger partial charge in [0.05, 0.1) is 6.33 Å². The van der Waals surface area contributed by atoms with Gasteiger partial charge in [-0.15, -0.1) is 0 Å². The number of nitrogens with one attached hydrogen (secondary N) is 2. The summed E-state index contributed by atoms with van der Waals surface area (Å²) in [6.07, 6.45) is 2.30. The van der Waals surface area contributed by atoms with E-state index < -0.39 is 0 Å². The SMILES string of the molecule is COCCCNC(=O)CCn1cnc2c([nH]c3ccc(F)cc32)c1=O. The van der Waals surface area contributed by atoms with Crippen molar-refractivity contribution in [3.63, 3.8) is 0 Å². The van der Waals surface area contributed by atoms with E-state index in [2.05, 4.69) is 15.3 Å². The van der Waals surface area contributed by atoms with Crippen LogP contribution in [0.3, 0.4) is 0 Å². The van der Waals surface area contributed by atoms with Crippen molar-refractivity contribution in [3.8, 4) is 0 Å². The first-order valence-corrected chi connectivity index (χ1v) is 8.02. The van der Waals surface area contributed by atoms with Crippen LogP contribution < -0.4 is 10.9 Å². The molecule has 0 unspecified atom stereocenters. The second-order valence-electron chi connectivity index (χ2n) is 5.73. The molecule has 1 amide bonds. The van der Waals surface area contributed by atoms with Gasteiger partial charge in [-0.3, -0.25) is 14.2 Å². The van der Waals surface area contributed by atoms with Crippen LogP contribution in [0.1, 0.15) is 12.8 Å². The van der Waals surface area contributed by atoms with Crippen LogP contribution in [0.2, 0.25) is 0 Å². The molecule has 25 heavy (non-hydrogen) atoms. The van der Waals surface area contributed by atoms with Crippen molar-refractivity contribution in [2.24, 2.45) is 0 Å². The minimum Gasteiger partial charge on any atom is -0.385 e. The lowest BCUT2D eigenvalue weighted by Gasteiger charge is -2.06. The van der Waals surface area contributed by atoms with E-state index in [-0.39, 0.29) is 30.2 Å². The van der Waals surface area contributed by atoms with Gasteiger partial charge in [-0.25, -0.2) is 9.37 Å². The van der Waals surface area contributed by atoms with Gasteiger partial charge in [0.25, 0.3) is 5.56 Å². The van der Waals surface area contributed by atoms with Gasteiger partial charge in [0.2, 0.25) is 5.91 Å². The number of aromatic amines is 1.